The molecule has 1 aliphatic heterocycles. The monoisotopic (exact) mass is 264 g/mol. The Morgan fingerprint density at radius 2 is 2.05 bits per heavy atom. The SMILES string of the molecule is COC(=O)C(C)C1(O)CC(C)(C)Oc2ccccc21. The highest BCUT2D eigenvalue weighted by Gasteiger charge is 2.49. The normalized spacial score (nSPS) is 25.9. The number of benzene rings is 1. The molecule has 104 valence electrons. The van der Waals surface area contributed by atoms with Crippen LogP contribution in [0.3, 0.4) is 0 Å². The van der Waals surface area contributed by atoms with Crippen LogP contribution in [-0.4, -0.2) is 23.8 Å². The van der Waals surface area contributed by atoms with Gasteiger partial charge in [0.25, 0.3) is 0 Å². The van der Waals surface area contributed by atoms with Crippen LogP contribution in [0.4, 0.5) is 0 Å². The van der Waals surface area contributed by atoms with Gasteiger partial charge in [0.05, 0.1) is 13.0 Å². The van der Waals surface area contributed by atoms with E-state index in [0.29, 0.717) is 17.7 Å². The van der Waals surface area contributed by atoms with Gasteiger partial charge in [-0.2, -0.15) is 0 Å². The van der Waals surface area contributed by atoms with Crippen molar-refractivity contribution in [2.45, 2.75) is 38.4 Å². The molecule has 4 nitrogen and oxygen atoms in total. The summed E-state index contributed by atoms with van der Waals surface area (Å²) in [6.07, 6.45) is 0.341. The molecule has 0 fully saturated rings. The van der Waals surface area contributed by atoms with Crippen LogP contribution in [0.5, 0.6) is 5.75 Å². The first-order chi connectivity index (χ1) is 8.80. The van der Waals surface area contributed by atoms with E-state index in [1.165, 1.54) is 7.11 Å². The lowest BCUT2D eigenvalue weighted by atomic mass is 9.73. The first-order valence-corrected chi connectivity index (χ1v) is 6.39. The lowest BCUT2D eigenvalue weighted by Crippen LogP contribution is -2.49. The lowest BCUT2D eigenvalue weighted by molar-refractivity contribution is -0.162. The Morgan fingerprint density at radius 3 is 2.68 bits per heavy atom. The largest absolute Gasteiger partial charge is 0.487 e. The van der Waals surface area contributed by atoms with Crippen LogP contribution < -0.4 is 4.74 Å². The van der Waals surface area contributed by atoms with Gasteiger partial charge >= 0.3 is 5.97 Å². The second kappa shape index (κ2) is 4.53. The number of hydrogen-bond donors (Lipinski definition) is 1. The zero-order valence-corrected chi connectivity index (χ0v) is 11.8. The smallest absolute Gasteiger partial charge is 0.311 e. The fourth-order valence-corrected chi connectivity index (χ4v) is 2.75. The number of carbonyl (C=O) groups is 1. The molecule has 0 aliphatic carbocycles. The third kappa shape index (κ3) is 2.32. The van der Waals surface area contributed by atoms with Crippen LogP contribution in [0, 0.1) is 5.92 Å². The summed E-state index contributed by atoms with van der Waals surface area (Å²) in [6, 6.07) is 7.29. The van der Waals surface area contributed by atoms with E-state index < -0.39 is 23.1 Å². The molecule has 0 bridgehead atoms. The van der Waals surface area contributed by atoms with Crippen molar-refractivity contribution in [3.8, 4) is 5.75 Å². The highest BCUT2D eigenvalue weighted by molar-refractivity contribution is 5.74. The number of hydrogen-bond acceptors (Lipinski definition) is 4. The zero-order valence-electron chi connectivity index (χ0n) is 11.8. The molecular formula is C15H20O4. The zero-order chi connectivity index (χ0) is 14.3. The molecule has 1 heterocycles. The molecule has 1 aromatic carbocycles. The summed E-state index contributed by atoms with van der Waals surface area (Å²) in [5, 5.41) is 11.0. The molecule has 0 spiro atoms. The molecule has 19 heavy (non-hydrogen) atoms. The molecule has 1 aromatic rings. The summed E-state index contributed by atoms with van der Waals surface area (Å²) in [7, 11) is 1.33. The van der Waals surface area contributed by atoms with E-state index in [1.807, 2.05) is 32.0 Å². The number of carbonyl (C=O) groups excluding carboxylic acids is 1. The number of para-hydroxylation sites is 1. The van der Waals surface area contributed by atoms with Gasteiger partial charge in [0.15, 0.2) is 0 Å². The molecule has 0 saturated carbocycles. The average Bonchev–Trinajstić information content (AvgIpc) is 2.35. The van der Waals surface area contributed by atoms with Crippen LogP contribution in [-0.2, 0) is 15.1 Å². The topological polar surface area (TPSA) is 55.8 Å². The van der Waals surface area contributed by atoms with Crippen LogP contribution in [0.2, 0.25) is 0 Å². The number of rotatable bonds is 2. The van der Waals surface area contributed by atoms with Gasteiger partial charge in [0.2, 0.25) is 0 Å². The van der Waals surface area contributed by atoms with E-state index in [0.717, 1.165) is 0 Å². The first-order valence-electron chi connectivity index (χ1n) is 6.39. The Kier molecular flexibility index (Phi) is 3.31. The molecule has 1 N–H and O–H groups in total. The molecule has 1 aliphatic rings. The van der Waals surface area contributed by atoms with Crippen molar-refractivity contribution in [2.75, 3.05) is 7.11 Å². The van der Waals surface area contributed by atoms with Gasteiger partial charge in [-0.15, -0.1) is 0 Å². The highest BCUT2D eigenvalue weighted by Crippen LogP contribution is 2.47. The summed E-state index contributed by atoms with van der Waals surface area (Å²) in [5.74, 6) is -0.450. The first kappa shape index (κ1) is 13.9. The third-order valence-corrected chi connectivity index (χ3v) is 3.71. The Morgan fingerprint density at radius 1 is 1.42 bits per heavy atom. The highest BCUT2D eigenvalue weighted by atomic mass is 16.5. The number of aliphatic hydroxyl groups is 1. The molecule has 0 amide bonds. The molecule has 2 rings (SSSR count). The van der Waals surface area contributed by atoms with Crippen LogP contribution in [0.1, 0.15) is 32.8 Å². The van der Waals surface area contributed by atoms with Gasteiger partial charge in [0.1, 0.15) is 17.0 Å². The second-order valence-corrected chi connectivity index (χ2v) is 5.70. The van der Waals surface area contributed by atoms with E-state index in [1.54, 1.807) is 13.0 Å². The fraction of sp³-hybridized carbons (Fsp3) is 0.533. The Balaban J connectivity index is 2.52. The van der Waals surface area contributed by atoms with E-state index in [9.17, 15) is 9.90 Å². The van der Waals surface area contributed by atoms with Crippen molar-refractivity contribution in [3.05, 3.63) is 29.8 Å². The number of methoxy groups -OCH3 is 1. The van der Waals surface area contributed by atoms with Crippen LogP contribution >= 0.6 is 0 Å². The Hall–Kier alpha value is -1.55. The maximum Gasteiger partial charge on any atom is 0.311 e. The predicted molar refractivity (Wildman–Crippen MR) is 70.8 cm³/mol. The molecule has 0 radical (unpaired) electrons. The summed E-state index contributed by atoms with van der Waals surface area (Å²) in [6.45, 7) is 5.49. The number of esters is 1. The third-order valence-electron chi connectivity index (χ3n) is 3.71. The van der Waals surface area contributed by atoms with Crippen molar-refractivity contribution in [2.24, 2.45) is 5.92 Å². The van der Waals surface area contributed by atoms with E-state index >= 15 is 0 Å². The average molecular weight is 264 g/mol. The lowest BCUT2D eigenvalue weighted by Gasteiger charge is -2.45. The summed E-state index contributed by atoms with van der Waals surface area (Å²) < 4.78 is 10.6. The van der Waals surface area contributed by atoms with Gasteiger partial charge < -0.3 is 14.6 Å². The minimum atomic E-state index is -1.27. The quantitative estimate of drug-likeness (QED) is 0.832. The van der Waals surface area contributed by atoms with E-state index in [2.05, 4.69) is 0 Å². The maximum atomic E-state index is 11.8. The predicted octanol–water partition coefficient (Wildman–Crippen LogP) is 2.24. The van der Waals surface area contributed by atoms with Crippen molar-refractivity contribution in [3.63, 3.8) is 0 Å². The molecular weight excluding hydrogens is 244 g/mol. The molecule has 2 unspecified atom stereocenters. The van der Waals surface area contributed by atoms with Crippen LogP contribution in [0.25, 0.3) is 0 Å². The summed E-state index contributed by atoms with van der Waals surface area (Å²) >= 11 is 0. The minimum Gasteiger partial charge on any atom is -0.487 e. The van der Waals surface area contributed by atoms with Gasteiger partial charge in [-0.25, -0.2) is 0 Å². The molecule has 0 aromatic heterocycles. The second-order valence-electron chi connectivity index (χ2n) is 5.70. The van der Waals surface area contributed by atoms with Gasteiger partial charge in [-0.1, -0.05) is 18.2 Å². The Labute approximate surface area is 113 Å². The minimum absolute atomic E-state index is 0.341. The van der Waals surface area contributed by atoms with Crippen molar-refractivity contribution in [1.82, 2.24) is 0 Å². The fourth-order valence-electron chi connectivity index (χ4n) is 2.75. The Bertz CT molecular complexity index is 495. The summed E-state index contributed by atoms with van der Waals surface area (Å²) in [4.78, 5) is 11.8. The van der Waals surface area contributed by atoms with Crippen molar-refractivity contribution in [1.29, 1.82) is 0 Å². The van der Waals surface area contributed by atoms with Gasteiger partial charge in [-0.05, 0) is 26.8 Å². The van der Waals surface area contributed by atoms with Gasteiger partial charge in [-0.3, -0.25) is 4.79 Å². The van der Waals surface area contributed by atoms with Crippen LogP contribution in [0.15, 0.2) is 24.3 Å². The number of fused-ring (bicyclic) bond motifs is 1. The van der Waals surface area contributed by atoms with Crippen molar-refractivity contribution >= 4 is 5.97 Å². The molecule has 4 heteroatoms. The summed E-state index contributed by atoms with van der Waals surface area (Å²) in [5.41, 5.74) is -1.16. The maximum absolute atomic E-state index is 11.8. The van der Waals surface area contributed by atoms with E-state index in [-0.39, 0.29) is 0 Å². The number of ether oxygens (including phenoxy) is 2. The van der Waals surface area contributed by atoms with Crippen molar-refractivity contribution < 1.29 is 19.4 Å². The van der Waals surface area contributed by atoms with E-state index in [4.69, 9.17) is 9.47 Å². The molecule has 2 atom stereocenters. The standard InChI is InChI=1S/C15H20O4/c1-10(13(16)18-4)15(17)9-14(2,3)19-12-8-6-5-7-11(12)15/h5-8,10,17H,9H2,1-4H3. The molecule has 0 saturated heterocycles. The van der Waals surface area contributed by atoms with Gasteiger partial charge in [0, 0.05) is 12.0 Å².